The minimum atomic E-state index is -3.73. The van der Waals surface area contributed by atoms with Crippen LogP contribution in [-0.4, -0.2) is 42.4 Å². The number of benzene rings is 2. The van der Waals surface area contributed by atoms with Gasteiger partial charge in [-0.15, -0.1) is 10.2 Å². The summed E-state index contributed by atoms with van der Waals surface area (Å²) in [6.07, 6.45) is 0. The van der Waals surface area contributed by atoms with Crippen LogP contribution in [0.3, 0.4) is 0 Å². The van der Waals surface area contributed by atoms with Crippen LogP contribution in [0.5, 0.6) is 0 Å². The quantitative estimate of drug-likeness (QED) is 0.684. The Morgan fingerprint density at radius 3 is 2.41 bits per heavy atom. The summed E-state index contributed by atoms with van der Waals surface area (Å²) in [6.45, 7) is 1.67. The van der Waals surface area contributed by atoms with Crippen LogP contribution in [0.2, 0.25) is 0 Å². The third-order valence-electron chi connectivity index (χ3n) is 3.79. The SMILES string of the molecule is Cc1ccc(-c2nnc(NC(=O)CN(C)S(=O)(=O)c3ccccc3)s2)cc1. The Bertz CT molecular complexity index is 1030. The molecule has 1 heterocycles. The second-order valence-corrected chi connectivity index (χ2v) is 8.92. The molecule has 0 unspecified atom stereocenters. The first kappa shape index (κ1) is 19.2. The molecule has 0 aliphatic carbocycles. The largest absolute Gasteiger partial charge is 0.299 e. The summed E-state index contributed by atoms with van der Waals surface area (Å²) in [5.41, 5.74) is 2.04. The molecule has 1 aromatic heterocycles. The van der Waals surface area contributed by atoms with Crippen molar-refractivity contribution >= 4 is 32.4 Å². The van der Waals surface area contributed by atoms with Gasteiger partial charge in [0.1, 0.15) is 5.01 Å². The lowest BCUT2D eigenvalue weighted by atomic mass is 10.2. The molecule has 0 spiro atoms. The van der Waals surface area contributed by atoms with E-state index in [1.54, 1.807) is 18.2 Å². The number of sulfonamides is 1. The number of hydrogen-bond acceptors (Lipinski definition) is 6. The zero-order valence-corrected chi connectivity index (χ0v) is 16.4. The number of nitrogens with one attached hydrogen (secondary N) is 1. The Morgan fingerprint density at radius 1 is 1.07 bits per heavy atom. The first-order chi connectivity index (χ1) is 12.9. The smallest absolute Gasteiger partial charge is 0.243 e. The summed E-state index contributed by atoms with van der Waals surface area (Å²) in [5.74, 6) is -0.483. The lowest BCUT2D eigenvalue weighted by Crippen LogP contribution is -2.34. The fourth-order valence-corrected chi connectivity index (χ4v) is 4.22. The maximum absolute atomic E-state index is 12.5. The maximum Gasteiger partial charge on any atom is 0.243 e. The van der Waals surface area contributed by atoms with Crippen LogP contribution in [0.4, 0.5) is 5.13 Å². The standard InChI is InChI=1S/C18H18N4O3S2/c1-13-8-10-14(11-9-13)17-20-21-18(26-17)19-16(23)12-22(2)27(24,25)15-6-4-3-5-7-15/h3-11H,12H2,1-2H3,(H,19,21,23). The zero-order valence-electron chi connectivity index (χ0n) is 14.8. The van der Waals surface area contributed by atoms with Crippen LogP contribution in [-0.2, 0) is 14.8 Å². The molecule has 0 saturated heterocycles. The van der Waals surface area contributed by atoms with E-state index >= 15 is 0 Å². The topological polar surface area (TPSA) is 92.3 Å². The number of aromatic nitrogens is 2. The van der Waals surface area contributed by atoms with Crippen molar-refractivity contribution < 1.29 is 13.2 Å². The first-order valence-electron chi connectivity index (χ1n) is 8.08. The predicted molar refractivity (Wildman–Crippen MR) is 105 cm³/mol. The molecule has 0 bridgehead atoms. The number of aryl methyl sites for hydroxylation is 1. The van der Waals surface area contributed by atoms with Crippen molar-refractivity contribution in [3.8, 4) is 10.6 Å². The van der Waals surface area contributed by atoms with Gasteiger partial charge in [-0.1, -0.05) is 59.4 Å². The molecule has 0 saturated carbocycles. The fourth-order valence-electron chi connectivity index (χ4n) is 2.30. The minimum absolute atomic E-state index is 0.137. The van der Waals surface area contributed by atoms with E-state index in [0.29, 0.717) is 10.1 Å². The molecule has 27 heavy (non-hydrogen) atoms. The van der Waals surface area contributed by atoms with Crippen LogP contribution >= 0.6 is 11.3 Å². The van der Waals surface area contributed by atoms with Crippen LogP contribution in [0, 0.1) is 6.92 Å². The molecule has 0 atom stereocenters. The zero-order chi connectivity index (χ0) is 19.4. The third-order valence-corrected chi connectivity index (χ3v) is 6.49. The van der Waals surface area contributed by atoms with E-state index in [1.165, 1.54) is 30.5 Å². The van der Waals surface area contributed by atoms with Gasteiger partial charge >= 0.3 is 0 Å². The summed E-state index contributed by atoms with van der Waals surface area (Å²) in [6, 6.07) is 15.8. The molecule has 2 aromatic carbocycles. The van der Waals surface area contributed by atoms with Crippen LogP contribution in [0.1, 0.15) is 5.56 Å². The average Bonchev–Trinajstić information content (AvgIpc) is 3.11. The van der Waals surface area contributed by atoms with Gasteiger partial charge in [0.05, 0.1) is 11.4 Å². The van der Waals surface area contributed by atoms with Gasteiger partial charge in [0.25, 0.3) is 0 Å². The molecule has 3 rings (SSSR count). The maximum atomic E-state index is 12.5. The Balaban J connectivity index is 1.65. The van der Waals surface area contributed by atoms with Gasteiger partial charge in [0, 0.05) is 12.6 Å². The second-order valence-electron chi connectivity index (χ2n) is 5.90. The van der Waals surface area contributed by atoms with Gasteiger partial charge in [-0.2, -0.15) is 4.31 Å². The Hall–Kier alpha value is -2.62. The molecule has 0 fully saturated rings. The number of likely N-dealkylation sites (N-methyl/N-ethyl adjacent to an activating group) is 1. The van der Waals surface area contributed by atoms with Crippen LogP contribution in [0.15, 0.2) is 59.5 Å². The van der Waals surface area contributed by atoms with Crippen LogP contribution in [0.25, 0.3) is 10.6 Å². The molecular formula is C18H18N4O3S2. The van der Waals surface area contributed by atoms with Crippen molar-refractivity contribution in [1.29, 1.82) is 0 Å². The number of hydrogen-bond donors (Lipinski definition) is 1. The van der Waals surface area contributed by atoms with Crippen molar-refractivity contribution in [2.24, 2.45) is 0 Å². The van der Waals surface area contributed by atoms with Crippen LogP contribution < -0.4 is 5.32 Å². The Kier molecular flexibility index (Phi) is 5.64. The van der Waals surface area contributed by atoms with Gasteiger partial charge in [-0.3, -0.25) is 10.1 Å². The third kappa shape index (κ3) is 4.57. The predicted octanol–water partition coefficient (Wildman–Crippen LogP) is 2.77. The van der Waals surface area contributed by atoms with Crippen molar-refractivity contribution in [2.45, 2.75) is 11.8 Å². The van der Waals surface area contributed by atoms with E-state index in [9.17, 15) is 13.2 Å². The number of rotatable bonds is 6. The highest BCUT2D eigenvalue weighted by atomic mass is 32.2. The number of carbonyl (C=O) groups is 1. The van der Waals surface area contributed by atoms with Gasteiger partial charge in [-0.05, 0) is 19.1 Å². The average molecular weight is 403 g/mol. The van der Waals surface area contributed by atoms with Crippen molar-refractivity contribution in [1.82, 2.24) is 14.5 Å². The fraction of sp³-hybridized carbons (Fsp3) is 0.167. The monoisotopic (exact) mass is 402 g/mol. The summed E-state index contributed by atoms with van der Waals surface area (Å²) in [5, 5.41) is 11.6. The molecule has 0 aliphatic heterocycles. The molecule has 9 heteroatoms. The molecule has 7 nitrogen and oxygen atoms in total. The highest BCUT2D eigenvalue weighted by Gasteiger charge is 2.23. The van der Waals surface area contributed by atoms with E-state index in [2.05, 4.69) is 15.5 Å². The minimum Gasteiger partial charge on any atom is -0.299 e. The number of nitrogens with zero attached hydrogens (tertiary/aromatic N) is 3. The summed E-state index contributed by atoms with van der Waals surface area (Å²) in [4.78, 5) is 12.3. The number of anilines is 1. The lowest BCUT2D eigenvalue weighted by molar-refractivity contribution is -0.116. The Labute approximate surface area is 161 Å². The van der Waals surface area contributed by atoms with Gasteiger partial charge in [0.15, 0.2) is 0 Å². The van der Waals surface area contributed by atoms with Crippen molar-refractivity contribution in [3.05, 3.63) is 60.2 Å². The van der Waals surface area contributed by atoms with Gasteiger partial charge in [0.2, 0.25) is 21.1 Å². The highest BCUT2D eigenvalue weighted by Crippen LogP contribution is 2.26. The molecule has 1 N–H and O–H groups in total. The van der Waals surface area contributed by atoms with E-state index in [-0.39, 0.29) is 11.4 Å². The second kappa shape index (κ2) is 7.95. The summed E-state index contributed by atoms with van der Waals surface area (Å²) < 4.78 is 25.9. The normalized spacial score (nSPS) is 11.5. The Morgan fingerprint density at radius 2 is 1.74 bits per heavy atom. The molecule has 3 aromatic rings. The van der Waals surface area contributed by atoms with E-state index in [1.807, 2.05) is 31.2 Å². The summed E-state index contributed by atoms with van der Waals surface area (Å²) >= 11 is 1.23. The summed E-state index contributed by atoms with van der Waals surface area (Å²) in [7, 11) is -2.37. The van der Waals surface area contributed by atoms with Crippen molar-refractivity contribution in [2.75, 3.05) is 18.9 Å². The van der Waals surface area contributed by atoms with Crippen molar-refractivity contribution in [3.63, 3.8) is 0 Å². The molecule has 140 valence electrons. The van der Waals surface area contributed by atoms with Gasteiger partial charge in [-0.25, -0.2) is 8.42 Å². The number of carbonyl (C=O) groups excluding carboxylic acids is 1. The first-order valence-corrected chi connectivity index (χ1v) is 10.3. The highest BCUT2D eigenvalue weighted by molar-refractivity contribution is 7.89. The number of amides is 1. The van der Waals surface area contributed by atoms with E-state index < -0.39 is 15.9 Å². The van der Waals surface area contributed by atoms with E-state index in [0.717, 1.165) is 15.4 Å². The molecule has 0 aliphatic rings. The molecule has 0 radical (unpaired) electrons. The molecular weight excluding hydrogens is 384 g/mol. The van der Waals surface area contributed by atoms with Gasteiger partial charge < -0.3 is 0 Å². The lowest BCUT2D eigenvalue weighted by Gasteiger charge is -2.16. The molecule has 1 amide bonds. The van der Waals surface area contributed by atoms with E-state index in [4.69, 9.17) is 0 Å².